The molecule has 0 unspecified atom stereocenters. The van der Waals surface area contributed by atoms with Crippen molar-refractivity contribution < 1.29 is 22.5 Å². The van der Waals surface area contributed by atoms with Gasteiger partial charge in [0.1, 0.15) is 5.56 Å². The quantitative estimate of drug-likeness (QED) is 0.889. The van der Waals surface area contributed by atoms with E-state index in [0.29, 0.717) is 5.69 Å². The first-order valence-corrected chi connectivity index (χ1v) is 5.49. The lowest BCUT2D eigenvalue weighted by molar-refractivity contribution is -0.137. The Hall–Kier alpha value is -2.51. The Morgan fingerprint density at radius 3 is 2.35 bits per heavy atom. The zero-order valence-corrected chi connectivity index (χ0v) is 10.3. The molecular weight excluding hydrogens is 275 g/mol. The second kappa shape index (κ2) is 4.87. The van der Waals surface area contributed by atoms with Gasteiger partial charge in [-0.05, 0) is 31.2 Å². The molecule has 20 heavy (non-hydrogen) atoms. The van der Waals surface area contributed by atoms with Crippen LogP contribution in [0.5, 0.6) is 0 Å². The third-order valence-corrected chi connectivity index (χ3v) is 2.59. The van der Waals surface area contributed by atoms with E-state index in [1.807, 2.05) is 0 Å². The van der Waals surface area contributed by atoms with Gasteiger partial charge in [-0.1, -0.05) is 5.16 Å². The third kappa shape index (κ3) is 2.73. The molecule has 8 heteroatoms. The van der Waals surface area contributed by atoms with E-state index in [4.69, 9.17) is 5.73 Å². The van der Waals surface area contributed by atoms with Gasteiger partial charge in [-0.3, -0.25) is 4.79 Å². The number of hydrogen-bond acceptors (Lipinski definition) is 4. The van der Waals surface area contributed by atoms with Crippen LogP contribution in [0, 0.1) is 6.92 Å². The Bertz CT molecular complexity index is 613. The SMILES string of the molecule is Cc1noc(N)c1C(=O)Nc1ccc(C(F)(F)F)cc1. The zero-order valence-electron chi connectivity index (χ0n) is 10.3. The minimum Gasteiger partial charge on any atom is -0.367 e. The van der Waals surface area contributed by atoms with Crippen molar-refractivity contribution in [2.45, 2.75) is 13.1 Å². The van der Waals surface area contributed by atoms with Crippen molar-refractivity contribution in [1.82, 2.24) is 5.16 Å². The van der Waals surface area contributed by atoms with Gasteiger partial charge in [0.2, 0.25) is 5.88 Å². The van der Waals surface area contributed by atoms with Crippen molar-refractivity contribution in [3.63, 3.8) is 0 Å². The fourth-order valence-corrected chi connectivity index (χ4v) is 1.60. The molecule has 1 amide bonds. The van der Waals surface area contributed by atoms with Crippen LogP contribution in [0.3, 0.4) is 0 Å². The largest absolute Gasteiger partial charge is 0.416 e. The van der Waals surface area contributed by atoms with E-state index >= 15 is 0 Å². The number of hydrogen-bond donors (Lipinski definition) is 2. The molecule has 0 spiro atoms. The lowest BCUT2D eigenvalue weighted by Crippen LogP contribution is -2.14. The fraction of sp³-hybridized carbons (Fsp3) is 0.167. The second-order valence-corrected chi connectivity index (χ2v) is 4.04. The minimum atomic E-state index is -4.42. The monoisotopic (exact) mass is 285 g/mol. The average Bonchev–Trinajstić information content (AvgIpc) is 2.68. The summed E-state index contributed by atoms with van der Waals surface area (Å²) in [6.45, 7) is 1.53. The molecule has 0 radical (unpaired) electrons. The molecular formula is C12H10F3N3O2. The summed E-state index contributed by atoms with van der Waals surface area (Å²) in [4.78, 5) is 11.9. The maximum atomic E-state index is 12.4. The molecule has 1 heterocycles. The van der Waals surface area contributed by atoms with Crippen LogP contribution >= 0.6 is 0 Å². The number of aromatic nitrogens is 1. The van der Waals surface area contributed by atoms with Crippen molar-refractivity contribution in [2.24, 2.45) is 0 Å². The number of carbonyl (C=O) groups is 1. The molecule has 1 aromatic heterocycles. The number of amides is 1. The predicted molar refractivity (Wildman–Crippen MR) is 65.0 cm³/mol. The van der Waals surface area contributed by atoms with Gasteiger partial charge >= 0.3 is 6.18 Å². The van der Waals surface area contributed by atoms with Crippen molar-refractivity contribution >= 4 is 17.5 Å². The fourth-order valence-electron chi connectivity index (χ4n) is 1.60. The molecule has 3 N–H and O–H groups in total. The molecule has 1 aromatic carbocycles. The molecule has 0 aliphatic heterocycles. The van der Waals surface area contributed by atoms with Crippen molar-refractivity contribution in [2.75, 3.05) is 11.1 Å². The number of benzene rings is 1. The molecule has 0 bridgehead atoms. The number of halogens is 3. The Morgan fingerprint density at radius 1 is 1.30 bits per heavy atom. The van der Waals surface area contributed by atoms with E-state index in [9.17, 15) is 18.0 Å². The van der Waals surface area contributed by atoms with Crippen LogP contribution in [-0.4, -0.2) is 11.1 Å². The van der Waals surface area contributed by atoms with Crippen LogP contribution in [0.2, 0.25) is 0 Å². The summed E-state index contributed by atoms with van der Waals surface area (Å²) in [6.07, 6.45) is -4.42. The lowest BCUT2D eigenvalue weighted by atomic mass is 10.2. The summed E-state index contributed by atoms with van der Waals surface area (Å²) in [5.74, 6) is -0.743. The van der Waals surface area contributed by atoms with Crippen LogP contribution in [-0.2, 0) is 6.18 Å². The summed E-state index contributed by atoms with van der Waals surface area (Å²) in [5.41, 5.74) is 5.21. The van der Waals surface area contributed by atoms with Crippen LogP contribution < -0.4 is 11.1 Å². The number of nitrogen functional groups attached to an aromatic ring is 1. The van der Waals surface area contributed by atoms with Crippen molar-refractivity contribution in [3.8, 4) is 0 Å². The second-order valence-electron chi connectivity index (χ2n) is 4.04. The molecule has 5 nitrogen and oxygen atoms in total. The van der Waals surface area contributed by atoms with Crippen molar-refractivity contribution in [1.29, 1.82) is 0 Å². The number of aryl methyl sites for hydroxylation is 1. The molecule has 0 atom stereocenters. The van der Waals surface area contributed by atoms with E-state index in [1.54, 1.807) is 0 Å². The number of nitrogens with one attached hydrogen (secondary N) is 1. The summed E-state index contributed by atoms with van der Waals surface area (Å²) < 4.78 is 41.8. The first kappa shape index (κ1) is 13.9. The highest BCUT2D eigenvalue weighted by molar-refractivity contribution is 6.07. The molecule has 2 aromatic rings. The van der Waals surface area contributed by atoms with Gasteiger partial charge in [0.15, 0.2) is 0 Å². The standard InChI is InChI=1S/C12H10F3N3O2/c1-6-9(10(16)20-18-6)11(19)17-8-4-2-7(3-5-8)12(13,14)15/h2-5H,16H2,1H3,(H,17,19). The number of anilines is 2. The molecule has 2 rings (SSSR count). The van der Waals surface area contributed by atoms with Crippen LogP contribution in [0.1, 0.15) is 21.6 Å². The van der Waals surface area contributed by atoms with Crippen LogP contribution in [0.4, 0.5) is 24.7 Å². The Kier molecular flexibility index (Phi) is 3.39. The maximum Gasteiger partial charge on any atom is 0.416 e. The summed E-state index contributed by atoms with van der Waals surface area (Å²) >= 11 is 0. The van der Waals surface area contributed by atoms with Crippen LogP contribution in [0.25, 0.3) is 0 Å². The lowest BCUT2D eigenvalue weighted by Gasteiger charge is -2.08. The smallest absolute Gasteiger partial charge is 0.367 e. The van der Waals surface area contributed by atoms with E-state index < -0.39 is 17.6 Å². The molecule has 0 saturated heterocycles. The highest BCUT2D eigenvalue weighted by Crippen LogP contribution is 2.30. The minimum absolute atomic E-state index is 0.0601. The molecule has 0 aliphatic carbocycles. The third-order valence-electron chi connectivity index (χ3n) is 2.59. The molecule has 0 fully saturated rings. The van der Waals surface area contributed by atoms with Gasteiger partial charge < -0.3 is 15.6 Å². The maximum absolute atomic E-state index is 12.4. The normalized spacial score (nSPS) is 11.4. The predicted octanol–water partition coefficient (Wildman–Crippen LogP) is 2.84. The summed E-state index contributed by atoms with van der Waals surface area (Å²) in [7, 11) is 0. The number of nitrogens with two attached hydrogens (primary N) is 1. The number of alkyl halides is 3. The van der Waals surface area contributed by atoms with Gasteiger partial charge in [0.05, 0.1) is 11.3 Å². The van der Waals surface area contributed by atoms with Gasteiger partial charge in [-0.25, -0.2) is 0 Å². The Labute approximate surface area is 111 Å². The van der Waals surface area contributed by atoms with Gasteiger partial charge in [-0.2, -0.15) is 13.2 Å². The molecule has 106 valence electrons. The summed E-state index contributed by atoms with van der Waals surface area (Å²) in [6, 6.07) is 4.05. The topological polar surface area (TPSA) is 81.2 Å². The first-order chi connectivity index (χ1) is 9.29. The van der Waals surface area contributed by atoms with E-state index in [0.717, 1.165) is 24.3 Å². The zero-order chi connectivity index (χ0) is 14.9. The Morgan fingerprint density at radius 2 is 1.90 bits per heavy atom. The highest BCUT2D eigenvalue weighted by Gasteiger charge is 2.30. The van der Waals surface area contributed by atoms with Gasteiger partial charge in [0.25, 0.3) is 5.91 Å². The number of nitrogens with zero attached hydrogens (tertiary/aromatic N) is 1. The van der Waals surface area contributed by atoms with Crippen molar-refractivity contribution in [3.05, 3.63) is 41.1 Å². The number of rotatable bonds is 2. The van der Waals surface area contributed by atoms with E-state index in [2.05, 4.69) is 15.0 Å². The van der Waals surface area contributed by atoms with E-state index in [-0.39, 0.29) is 17.1 Å². The Balaban J connectivity index is 2.17. The van der Waals surface area contributed by atoms with E-state index in [1.165, 1.54) is 6.92 Å². The van der Waals surface area contributed by atoms with Crippen LogP contribution in [0.15, 0.2) is 28.8 Å². The highest BCUT2D eigenvalue weighted by atomic mass is 19.4. The summed E-state index contributed by atoms with van der Waals surface area (Å²) in [5, 5.41) is 5.93. The molecule has 0 saturated carbocycles. The number of carbonyl (C=O) groups excluding carboxylic acids is 1. The average molecular weight is 285 g/mol. The van der Waals surface area contributed by atoms with Gasteiger partial charge in [-0.15, -0.1) is 0 Å². The van der Waals surface area contributed by atoms with Gasteiger partial charge in [0, 0.05) is 5.69 Å². The first-order valence-electron chi connectivity index (χ1n) is 5.49. The molecule has 0 aliphatic rings.